The van der Waals surface area contributed by atoms with Crippen molar-refractivity contribution in [3.8, 4) is 11.5 Å². The molecule has 0 spiro atoms. The fourth-order valence-electron chi connectivity index (χ4n) is 4.75. The van der Waals surface area contributed by atoms with Gasteiger partial charge in [0.15, 0.2) is 0 Å². The highest BCUT2D eigenvalue weighted by Crippen LogP contribution is 2.38. The quantitative estimate of drug-likeness (QED) is 0.117. The Hall–Kier alpha value is -3.08. The molecule has 2 aromatic carbocycles. The Bertz CT molecular complexity index is 940. The van der Waals surface area contributed by atoms with Crippen molar-refractivity contribution in [3.05, 3.63) is 72.3 Å². The normalized spacial score (nSPS) is 17.2. The van der Waals surface area contributed by atoms with Crippen molar-refractivity contribution in [2.75, 3.05) is 13.2 Å². The number of unbranched alkanes of at least 4 members (excludes halogenated alkanes) is 3. The number of hydrogen-bond acceptors (Lipinski definition) is 5. The van der Waals surface area contributed by atoms with E-state index in [1.54, 1.807) is 24.3 Å². The first kappa shape index (κ1) is 27.5. The summed E-state index contributed by atoms with van der Waals surface area (Å²) in [6.45, 7) is 6.47. The van der Waals surface area contributed by atoms with Gasteiger partial charge >= 0.3 is 11.9 Å². The van der Waals surface area contributed by atoms with Crippen molar-refractivity contribution < 1.29 is 23.8 Å². The van der Waals surface area contributed by atoms with Crippen molar-refractivity contribution in [2.45, 2.75) is 77.0 Å². The number of ether oxygens (including phenoxy) is 3. The van der Waals surface area contributed by atoms with Crippen molar-refractivity contribution >= 4 is 11.9 Å². The van der Waals surface area contributed by atoms with E-state index in [0.29, 0.717) is 42.6 Å². The molecule has 0 amide bonds. The molecular weight excluding hydrogens is 452 g/mol. The van der Waals surface area contributed by atoms with Gasteiger partial charge in [-0.2, -0.15) is 0 Å². The van der Waals surface area contributed by atoms with Gasteiger partial charge in [0.25, 0.3) is 0 Å². The Morgan fingerprint density at radius 2 is 1.53 bits per heavy atom. The van der Waals surface area contributed by atoms with Crippen LogP contribution in [0.3, 0.4) is 0 Å². The van der Waals surface area contributed by atoms with Crippen LogP contribution in [0.4, 0.5) is 0 Å². The molecule has 0 aromatic heterocycles. The van der Waals surface area contributed by atoms with E-state index in [0.717, 1.165) is 18.4 Å². The van der Waals surface area contributed by atoms with Crippen LogP contribution in [0.1, 0.15) is 93.0 Å². The highest BCUT2D eigenvalue weighted by molar-refractivity contribution is 5.91. The van der Waals surface area contributed by atoms with Crippen LogP contribution in [0.25, 0.3) is 0 Å². The number of benzene rings is 2. The minimum Gasteiger partial charge on any atom is -0.494 e. The molecular formula is C31H40O5. The molecule has 0 atom stereocenters. The summed E-state index contributed by atoms with van der Waals surface area (Å²) >= 11 is 0. The second-order valence-electron chi connectivity index (χ2n) is 9.62. The Labute approximate surface area is 215 Å². The highest BCUT2D eigenvalue weighted by Gasteiger charge is 2.22. The van der Waals surface area contributed by atoms with Crippen LogP contribution in [-0.2, 0) is 9.53 Å². The van der Waals surface area contributed by atoms with Gasteiger partial charge in [0.05, 0.1) is 18.8 Å². The van der Waals surface area contributed by atoms with Gasteiger partial charge in [-0.25, -0.2) is 9.59 Å². The number of carbonyl (C=O) groups excluding carboxylic acids is 2. The summed E-state index contributed by atoms with van der Waals surface area (Å²) in [4.78, 5) is 23.5. The Morgan fingerprint density at radius 3 is 2.19 bits per heavy atom. The zero-order valence-electron chi connectivity index (χ0n) is 21.6. The van der Waals surface area contributed by atoms with Gasteiger partial charge in [0.2, 0.25) is 0 Å². The molecule has 0 saturated heterocycles. The predicted molar refractivity (Wildman–Crippen MR) is 143 cm³/mol. The molecule has 194 valence electrons. The van der Waals surface area contributed by atoms with Crippen LogP contribution < -0.4 is 9.47 Å². The smallest absolute Gasteiger partial charge is 0.343 e. The van der Waals surface area contributed by atoms with Crippen LogP contribution in [-0.4, -0.2) is 25.2 Å². The first-order chi connectivity index (χ1) is 17.6. The molecule has 0 unspecified atom stereocenters. The molecule has 5 heteroatoms. The standard InChI is InChI=1S/C31H40O5/c1-3-5-6-9-24-10-12-25(13-11-24)26-14-20-29(21-15-26)36-31(33)27-16-18-28(19-17-27)34-22-7-8-23-35-30(32)4-2/h4,14-21,24-25H,2-3,5-13,22-23H2,1H3. The summed E-state index contributed by atoms with van der Waals surface area (Å²) in [5.74, 6) is 1.97. The maximum atomic E-state index is 12.6. The van der Waals surface area contributed by atoms with Gasteiger partial charge in [-0.05, 0) is 92.3 Å². The topological polar surface area (TPSA) is 61.8 Å². The van der Waals surface area contributed by atoms with Gasteiger partial charge in [-0.1, -0.05) is 51.3 Å². The number of carbonyl (C=O) groups is 2. The van der Waals surface area contributed by atoms with Crippen molar-refractivity contribution in [3.63, 3.8) is 0 Å². The zero-order valence-corrected chi connectivity index (χ0v) is 21.6. The molecule has 0 aliphatic heterocycles. The summed E-state index contributed by atoms with van der Waals surface area (Å²) in [5.41, 5.74) is 1.83. The van der Waals surface area contributed by atoms with Crippen LogP contribution in [0, 0.1) is 5.92 Å². The maximum absolute atomic E-state index is 12.6. The van der Waals surface area contributed by atoms with Gasteiger partial charge in [-0.3, -0.25) is 0 Å². The van der Waals surface area contributed by atoms with Gasteiger partial charge in [0, 0.05) is 6.08 Å². The average Bonchev–Trinajstić information content (AvgIpc) is 2.92. The van der Waals surface area contributed by atoms with Gasteiger partial charge < -0.3 is 14.2 Å². The van der Waals surface area contributed by atoms with E-state index in [-0.39, 0.29) is 5.97 Å². The molecule has 1 aliphatic carbocycles. The molecule has 1 fully saturated rings. The fourth-order valence-corrected chi connectivity index (χ4v) is 4.75. The molecule has 5 nitrogen and oxygen atoms in total. The lowest BCUT2D eigenvalue weighted by molar-refractivity contribution is -0.137. The first-order valence-electron chi connectivity index (χ1n) is 13.4. The Balaban J connectivity index is 1.38. The number of esters is 2. The Morgan fingerprint density at radius 1 is 0.861 bits per heavy atom. The summed E-state index contributed by atoms with van der Waals surface area (Å²) in [6.07, 6.45) is 13.2. The molecule has 36 heavy (non-hydrogen) atoms. The third-order valence-electron chi connectivity index (χ3n) is 6.93. The van der Waals surface area contributed by atoms with E-state index in [2.05, 4.69) is 25.6 Å². The zero-order chi connectivity index (χ0) is 25.6. The van der Waals surface area contributed by atoms with Crippen molar-refractivity contribution in [2.24, 2.45) is 5.92 Å². The Kier molecular flexibility index (Phi) is 11.6. The molecule has 1 saturated carbocycles. The SMILES string of the molecule is C=CC(=O)OCCCCOc1ccc(C(=O)Oc2ccc(C3CCC(CCCCC)CC3)cc2)cc1. The lowest BCUT2D eigenvalue weighted by Gasteiger charge is -2.29. The van der Waals surface area contributed by atoms with E-state index < -0.39 is 5.97 Å². The van der Waals surface area contributed by atoms with Crippen LogP contribution >= 0.6 is 0 Å². The van der Waals surface area contributed by atoms with Gasteiger partial charge in [0.1, 0.15) is 11.5 Å². The second-order valence-corrected chi connectivity index (χ2v) is 9.62. The molecule has 1 aliphatic rings. The molecule has 0 radical (unpaired) electrons. The van der Waals surface area contributed by atoms with E-state index in [1.807, 2.05) is 12.1 Å². The molecule has 0 N–H and O–H groups in total. The van der Waals surface area contributed by atoms with Crippen molar-refractivity contribution in [1.29, 1.82) is 0 Å². The largest absolute Gasteiger partial charge is 0.494 e. The van der Waals surface area contributed by atoms with Crippen LogP contribution in [0.15, 0.2) is 61.2 Å². The van der Waals surface area contributed by atoms with E-state index in [9.17, 15) is 9.59 Å². The number of hydrogen-bond donors (Lipinski definition) is 0. The monoisotopic (exact) mass is 492 g/mol. The highest BCUT2D eigenvalue weighted by atomic mass is 16.5. The lowest BCUT2D eigenvalue weighted by Crippen LogP contribution is -2.13. The van der Waals surface area contributed by atoms with E-state index in [4.69, 9.17) is 14.2 Å². The maximum Gasteiger partial charge on any atom is 0.343 e. The summed E-state index contributed by atoms with van der Waals surface area (Å²) < 4.78 is 16.2. The lowest BCUT2D eigenvalue weighted by atomic mass is 9.77. The number of rotatable bonds is 14. The first-order valence-corrected chi connectivity index (χ1v) is 13.4. The molecule has 2 aromatic rings. The summed E-state index contributed by atoms with van der Waals surface area (Å²) in [7, 11) is 0. The van der Waals surface area contributed by atoms with Crippen LogP contribution in [0.5, 0.6) is 11.5 Å². The van der Waals surface area contributed by atoms with E-state index >= 15 is 0 Å². The van der Waals surface area contributed by atoms with E-state index in [1.165, 1.54) is 56.9 Å². The fraction of sp³-hybridized carbons (Fsp3) is 0.484. The average molecular weight is 493 g/mol. The molecule has 0 heterocycles. The third kappa shape index (κ3) is 9.18. The molecule has 0 bridgehead atoms. The van der Waals surface area contributed by atoms with Gasteiger partial charge in [-0.15, -0.1) is 0 Å². The minimum absolute atomic E-state index is 0.347. The predicted octanol–water partition coefficient (Wildman–Crippen LogP) is 7.65. The second kappa shape index (κ2) is 15.1. The van der Waals surface area contributed by atoms with Crippen LogP contribution in [0.2, 0.25) is 0 Å². The minimum atomic E-state index is -0.412. The summed E-state index contributed by atoms with van der Waals surface area (Å²) in [6, 6.07) is 15.0. The third-order valence-corrected chi connectivity index (χ3v) is 6.93. The molecule has 3 rings (SSSR count). The summed E-state index contributed by atoms with van der Waals surface area (Å²) in [5, 5.41) is 0. The van der Waals surface area contributed by atoms with Crippen molar-refractivity contribution in [1.82, 2.24) is 0 Å².